The van der Waals surface area contributed by atoms with Gasteiger partial charge in [0.15, 0.2) is 6.10 Å². The minimum atomic E-state index is -0.765. The van der Waals surface area contributed by atoms with Crippen LogP contribution >= 0.6 is 0 Å². The van der Waals surface area contributed by atoms with Gasteiger partial charge in [0.2, 0.25) is 0 Å². The Morgan fingerprint density at radius 1 is 0.426 bits per heavy atom. The monoisotopic (exact) mass is 661 g/mol. The molecule has 0 aromatic rings. The molecule has 0 bridgehead atoms. The molecule has 0 rings (SSSR count). The molecule has 0 fully saturated rings. The fraction of sp³-hybridized carbons (Fsp3) is 0.780. The molecule has 1 atom stereocenters. The molecule has 272 valence electrons. The highest BCUT2D eigenvalue weighted by Gasteiger charge is 2.19. The molecule has 0 N–H and O–H groups in total. The standard InChI is InChI=1S/C41H72O6/c1-4-7-10-13-14-15-16-17-18-19-20-21-22-23-24-25-26-29-31-34-40(43)46-37-38(47-41(44)35-32-28-12-9-6-3)36-45-39(42)33-30-27-11-8-5-2/h14-15,17-18,20-21,38H,4-13,16,19,22-37H2,1-3H3/b15-14-,18-17-,21-20-. The fourth-order valence-electron chi connectivity index (χ4n) is 5.15. The van der Waals surface area contributed by atoms with E-state index in [1.165, 1.54) is 51.4 Å². The molecule has 0 saturated heterocycles. The summed E-state index contributed by atoms with van der Waals surface area (Å²) in [6.45, 7) is 6.40. The Labute approximate surface area is 289 Å². The van der Waals surface area contributed by atoms with Crippen LogP contribution in [0.5, 0.6) is 0 Å². The van der Waals surface area contributed by atoms with Gasteiger partial charge >= 0.3 is 17.9 Å². The maximum absolute atomic E-state index is 12.4. The van der Waals surface area contributed by atoms with Gasteiger partial charge in [-0.1, -0.05) is 147 Å². The van der Waals surface area contributed by atoms with Crippen LogP contribution in [-0.4, -0.2) is 37.2 Å². The number of esters is 3. The summed E-state index contributed by atoms with van der Waals surface area (Å²) in [6.07, 6.45) is 39.0. The molecule has 6 heteroatoms. The first-order chi connectivity index (χ1) is 23.0. The molecular weight excluding hydrogens is 588 g/mol. The summed E-state index contributed by atoms with van der Waals surface area (Å²) < 4.78 is 16.4. The zero-order valence-corrected chi connectivity index (χ0v) is 30.8. The van der Waals surface area contributed by atoms with Crippen LogP contribution in [0.15, 0.2) is 36.5 Å². The molecule has 0 saturated carbocycles. The van der Waals surface area contributed by atoms with E-state index in [1.54, 1.807) is 0 Å². The van der Waals surface area contributed by atoms with Gasteiger partial charge in [0.1, 0.15) is 13.2 Å². The van der Waals surface area contributed by atoms with Gasteiger partial charge in [-0.05, 0) is 57.8 Å². The Morgan fingerprint density at radius 2 is 0.766 bits per heavy atom. The molecule has 0 aromatic carbocycles. The second-order valence-corrected chi connectivity index (χ2v) is 12.8. The van der Waals surface area contributed by atoms with Crippen molar-refractivity contribution in [3.63, 3.8) is 0 Å². The molecule has 47 heavy (non-hydrogen) atoms. The van der Waals surface area contributed by atoms with Gasteiger partial charge in [0.05, 0.1) is 0 Å². The van der Waals surface area contributed by atoms with Crippen molar-refractivity contribution < 1.29 is 28.6 Å². The lowest BCUT2D eigenvalue weighted by Gasteiger charge is -2.18. The number of carbonyl (C=O) groups excluding carboxylic acids is 3. The van der Waals surface area contributed by atoms with Crippen LogP contribution in [-0.2, 0) is 28.6 Å². The highest BCUT2D eigenvalue weighted by molar-refractivity contribution is 5.71. The smallest absolute Gasteiger partial charge is 0.306 e. The van der Waals surface area contributed by atoms with Gasteiger partial charge in [0, 0.05) is 19.3 Å². The van der Waals surface area contributed by atoms with Gasteiger partial charge in [-0.15, -0.1) is 0 Å². The lowest BCUT2D eigenvalue weighted by molar-refractivity contribution is -0.167. The first-order valence-electron chi connectivity index (χ1n) is 19.5. The van der Waals surface area contributed by atoms with E-state index in [2.05, 4.69) is 57.2 Å². The van der Waals surface area contributed by atoms with E-state index in [0.29, 0.717) is 19.3 Å². The van der Waals surface area contributed by atoms with Crippen LogP contribution in [0.25, 0.3) is 0 Å². The summed E-state index contributed by atoms with van der Waals surface area (Å²) in [5.74, 6) is -0.925. The Bertz CT molecular complexity index is 815. The number of hydrogen-bond donors (Lipinski definition) is 0. The van der Waals surface area contributed by atoms with Crippen LogP contribution in [0.1, 0.15) is 188 Å². The Morgan fingerprint density at radius 3 is 1.23 bits per heavy atom. The molecule has 0 aliphatic carbocycles. The largest absolute Gasteiger partial charge is 0.462 e. The SMILES string of the molecule is CCCCC/C=C\C/C=C\C/C=C\CCCCCCCCC(=O)OCC(COC(=O)CCCCCCC)OC(=O)CCCCCCC. The van der Waals surface area contributed by atoms with Crippen molar-refractivity contribution in [2.45, 2.75) is 194 Å². The van der Waals surface area contributed by atoms with Crippen LogP contribution in [0, 0.1) is 0 Å². The minimum absolute atomic E-state index is 0.0780. The van der Waals surface area contributed by atoms with Crippen molar-refractivity contribution in [2.75, 3.05) is 13.2 Å². The Hall–Kier alpha value is -2.37. The summed E-state index contributed by atoms with van der Waals surface area (Å²) in [5.41, 5.74) is 0. The zero-order valence-electron chi connectivity index (χ0n) is 30.8. The number of hydrogen-bond acceptors (Lipinski definition) is 6. The van der Waals surface area contributed by atoms with E-state index >= 15 is 0 Å². The van der Waals surface area contributed by atoms with Crippen LogP contribution in [0.2, 0.25) is 0 Å². The third-order valence-corrected chi connectivity index (χ3v) is 8.15. The molecule has 0 heterocycles. The van der Waals surface area contributed by atoms with E-state index in [9.17, 15) is 14.4 Å². The van der Waals surface area contributed by atoms with Crippen molar-refractivity contribution in [3.05, 3.63) is 36.5 Å². The van der Waals surface area contributed by atoms with Gasteiger partial charge in [0.25, 0.3) is 0 Å². The molecule has 0 radical (unpaired) electrons. The molecular formula is C41H72O6. The first-order valence-corrected chi connectivity index (χ1v) is 19.5. The predicted octanol–water partition coefficient (Wildman–Crippen LogP) is 11.9. The highest BCUT2D eigenvalue weighted by atomic mass is 16.6. The van der Waals surface area contributed by atoms with Gasteiger partial charge < -0.3 is 14.2 Å². The number of unbranched alkanes of at least 4 members (excludes halogenated alkanes) is 17. The predicted molar refractivity (Wildman–Crippen MR) is 196 cm³/mol. The summed E-state index contributed by atoms with van der Waals surface area (Å²) in [7, 11) is 0. The fourth-order valence-corrected chi connectivity index (χ4v) is 5.15. The normalized spacial score (nSPS) is 12.3. The average molecular weight is 661 g/mol. The third-order valence-electron chi connectivity index (χ3n) is 8.15. The van der Waals surface area contributed by atoms with E-state index in [-0.39, 0.29) is 31.1 Å². The van der Waals surface area contributed by atoms with E-state index in [0.717, 1.165) is 96.3 Å². The quantitative estimate of drug-likeness (QED) is 0.0296. The maximum atomic E-state index is 12.4. The average Bonchev–Trinajstić information content (AvgIpc) is 3.06. The summed E-state index contributed by atoms with van der Waals surface area (Å²) in [6, 6.07) is 0. The molecule has 1 unspecified atom stereocenters. The van der Waals surface area contributed by atoms with Gasteiger partial charge in [-0.25, -0.2) is 0 Å². The minimum Gasteiger partial charge on any atom is -0.462 e. The van der Waals surface area contributed by atoms with Crippen molar-refractivity contribution >= 4 is 17.9 Å². The number of rotatable bonds is 34. The molecule has 6 nitrogen and oxygen atoms in total. The van der Waals surface area contributed by atoms with Crippen molar-refractivity contribution in [1.29, 1.82) is 0 Å². The summed E-state index contributed by atoms with van der Waals surface area (Å²) in [4.78, 5) is 37.0. The zero-order chi connectivity index (χ0) is 34.5. The lowest BCUT2D eigenvalue weighted by Crippen LogP contribution is -2.30. The maximum Gasteiger partial charge on any atom is 0.306 e. The number of allylic oxidation sites excluding steroid dienone is 6. The van der Waals surface area contributed by atoms with Crippen LogP contribution in [0.3, 0.4) is 0 Å². The second kappa shape index (κ2) is 36.5. The molecule has 0 aromatic heterocycles. The third kappa shape index (κ3) is 34.8. The van der Waals surface area contributed by atoms with E-state index in [4.69, 9.17) is 14.2 Å². The molecule has 0 amide bonds. The summed E-state index contributed by atoms with van der Waals surface area (Å²) in [5, 5.41) is 0. The van der Waals surface area contributed by atoms with Gasteiger partial charge in [-0.2, -0.15) is 0 Å². The van der Waals surface area contributed by atoms with E-state index < -0.39 is 6.10 Å². The van der Waals surface area contributed by atoms with Gasteiger partial charge in [-0.3, -0.25) is 14.4 Å². The summed E-state index contributed by atoms with van der Waals surface area (Å²) >= 11 is 0. The first kappa shape index (κ1) is 44.6. The second-order valence-electron chi connectivity index (χ2n) is 12.8. The van der Waals surface area contributed by atoms with Crippen molar-refractivity contribution in [1.82, 2.24) is 0 Å². The molecule has 0 aliphatic rings. The topological polar surface area (TPSA) is 78.9 Å². The lowest BCUT2D eigenvalue weighted by atomic mass is 10.1. The number of ether oxygens (including phenoxy) is 3. The number of carbonyl (C=O) groups is 3. The molecule has 0 aliphatic heterocycles. The van der Waals surface area contributed by atoms with Crippen LogP contribution in [0.4, 0.5) is 0 Å². The van der Waals surface area contributed by atoms with Crippen molar-refractivity contribution in [2.24, 2.45) is 0 Å². The molecule has 0 spiro atoms. The van der Waals surface area contributed by atoms with Crippen LogP contribution < -0.4 is 0 Å². The van der Waals surface area contributed by atoms with E-state index in [1.807, 2.05) is 0 Å². The van der Waals surface area contributed by atoms with Crippen molar-refractivity contribution in [3.8, 4) is 0 Å². The highest BCUT2D eigenvalue weighted by Crippen LogP contribution is 2.12. The Balaban J connectivity index is 4.11. The Kier molecular flexibility index (Phi) is 34.6.